The Balaban J connectivity index is 1.61. The number of anilines is 1. The number of aromatic nitrogens is 2. The highest BCUT2D eigenvalue weighted by Gasteiger charge is 2.35. The van der Waals surface area contributed by atoms with Gasteiger partial charge in [0.25, 0.3) is 0 Å². The van der Waals surface area contributed by atoms with Crippen molar-refractivity contribution < 1.29 is 9.90 Å². The van der Waals surface area contributed by atoms with Gasteiger partial charge in [0.2, 0.25) is 0 Å². The molecule has 4 rings (SSSR count). The summed E-state index contributed by atoms with van der Waals surface area (Å²) in [7, 11) is 0. The number of nitrogens with zero attached hydrogens (tertiary/aromatic N) is 3. The highest BCUT2D eigenvalue weighted by Crippen LogP contribution is 2.31. The maximum absolute atomic E-state index is 11.5. The second-order valence-electron chi connectivity index (χ2n) is 5.90. The van der Waals surface area contributed by atoms with E-state index in [1.54, 1.807) is 10.6 Å². The van der Waals surface area contributed by atoms with E-state index in [1.807, 2.05) is 18.2 Å². The van der Waals surface area contributed by atoms with E-state index < -0.39 is 5.97 Å². The molecule has 0 bridgehead atoms. The fraction of sp³-hybridized carbons (Fsp3) is 0.467. The summed E-state index contributed by atoms with van der Waals surface area (Å²) in [6.07, 6.45) is 5.40. The molecule has 2 aliphatic rings. The first-order chi connectivity index (χ1) is 10.2. The number of hydrogen-bond acceptors (Lipinski definition) is 4. The van der Waals surface area contributed by atoms with Crippen molar-refractivity contribution in [1.82, 2.24) is 14.3 Å². The third-order valence-corrected chi connectivity index (χ3v) is 4.36. The fourth-order valence-corrected chi connectivity index (χ4v) is 3.17. The van der Waals surface area contributed by atoms with E-state index >= 15 is 0 Å². The Hall–Kier alpha value is -2.08. The van der Waals surface area contributed by atoms with Gasteiger partial charge in [0.1, 0.15) is 5.65 Å². The molecule has 3 heterocycles. The summed E-state index contributed by atoms with van der Waals surface area (Å²) in [5.74, 6) is -0.468. The molecule has 110 valence electrons. The molecule has 0 radical (unpaired) electrons. The molecule has 1 saturated heterocycles. The van der Waals surface area contributed by atoms with Crippen LogP contribution in [-0.2, 0) is 0 Å². The van der Waals surface area contributed by atoms with Gasteiger partial charge in [0.15, 0.2) is 11.5 Å². The molecule has 0 spiro atoms. The maximum atomic E-state index is 11.5. The normalized spacial score (nSPS) is 22.8. The standard InChI is InChI=1S/C15H18N4O2/c20-15(21)13-14(17-12-3-1-2-7-19(12)13)16-10-6-8-18(9-10)11-4-5-11/h1-3,7,10-11,16H,4-6,8-9H2,(H,20,21). The number of carboxylic acids is 1. The first-order valence-corrected chi connectivity index (χ1v) is 7.43. The van der Waals surface area contributed by atoms with Crippen LogP contribution < -0.4 is 5.32 Å². The zero-order valence-electron chi connectivity index (χ0n) is 11.7. The van der Waals surface area contributed by atoms with Gasteiger partial charge in [0.05, 0.1) is 0 Å². The van der Waals surface area contributed by atoms with Gasteiger partial charge in [-0.15, -0.1) is 0 Å². The van der Waals surface area contributed by atoms with Gasteiger partial charge in [-0.25, -0.2) is 9.78 Å². The molecule has 21 heavy (non-hydrogen) atoms. The van der Waals surface area contributed by atoms with E-state index in [1.165, 1.54) is 12.8 Å². The molecule has 2 fully saturated rings. The van der Waals surface area contributed by atoms with Crippen molar-refractivity contribution >= 4 is 17.4 Å². The van der Waals surface area contributed by atoms with Gasteiger partial charge in [-0.2, -0.15) is 0 Å². The van der Waals surface area contributed by atoms with Crippen LogP contribution in [0.3, 0.4) is 0 Å². The summed E-state index contributed by atoms with van der Waals surface area (Å²) in [6, 6.07) is 6.55. The Morgan fingerprint density at radius 1 is 1.33 bits per heavy atom. The van der Waals surface area contributed by atoms with Gasteiger partial charge in [-0.05, 0) is 31.4 Å². The number of hydrogen-bond donors (Lipinski definition) is 2. The van der Waals surface area contributed by atoms with E-state index in [0.717, 1.165) is 25.6 Å². The fourth-order valence-electron chi connectivity index (χ4n) is 3.17. The molecular formula is C15H18N4O2. The Bertz CT molecular complexity index is 692. The van der Waals surface area contributed by atoms with E-state index in [4.69, 9.17) is 0 Å². The molecule has 2 aromatic heterocycles. The molecular weight excluding hydrogens is 268 g/mol. The van der Waals surface area contributed by atoms with Crippen molar-refractivity contribution in [3.63, 3.8) is 0 Å². The maximum Gasteiger partial charge on any atom is 0.356 e. The number of rotatable bonds is 4. The molecule has 1 saturated carbocycles. The number of fused-ring (bicyclic) bond motifs is 1. The lowest BCUT2D eigenvalue weighted by Gasteiger charge is -2.15. The summed E-state index contributed by atoms with van der Waals surface area (Å²) in [5.41, 5.74) is 0.880. The van der Waals surface area contributed by atoms with E-state index in [-0.39, 0.29) is 11.7 Å². The monoisotopic (exact) mass is 286 g/mol. The molecule has 1 aliphatic heterocycles. The van der Waals surface area contributed by atoms with Crippen molar-refractivity contribution in [1.29, 1.82) is 0 Å². The predicted octanol–water partition coefficient (Wildman–Crippen LogP) is 1.68. The molecule has 0 amide bonds. The van der Waals surface area contributed by atoms with Crippen LogP contribution in [0.25, 0.3) is 5.65 Å². The first-order valence-electron chi connectivity index (χ1n) is 7.43. The van der Waals surface area contributed by atoms with Crippen LogP contribution in [0.4, 0.5) is 5.82 Å². The average Bonchev–Trinajstić information content (AvgIpc) is 3.09. The summed E-state index contributed by atoms with van der Waals surface area (Å²) in [5, 5.41) is 12.8. The van der Waals surface area contributed by atoms with Crippen LogP contribution in [0.2, 0.25) is 0 Å². The molecule has 6 nitrogen and oxygen atoms in total. The minimum Gasteiger partial charge on any atom is -0.476 e. The predicted molar refractivity (Wildman–Crippen MR) is 78.8 cm³/mol. The van der Waals surface area contributed by atoms with E-state index in [2.05, 4.69) is 15.2 Å². The highest BCUT2D eigenvalue weighted by molar-refractivity contribution is 5.93. The van der Waals surface area contributed by atoms with E-state index in [0.29, 0.717) is 11.5 Å². The molecule has 1 atom stereocenters. The molecule has 2 N–H and O–H groups in total. The number of carbonyl (C=O) groups is 1. The lowest BCUT2D eigenvalue weighted by Crippen LogP contribution is -2.28. The lowest BCUT2D eigenvalue weighted by atomic mass is 10.2. The Labute approximate surface area is 122 Å². The van der Waals surface area contributed by atoms with Gasteiger partial charge < -0.3 is 10.4 Å². The Morgan fingerprint density at radius 3 is 2.95 bits per heavy atom. The van der Waals surface area contributed by atoms with Crippen molar-refractivity contribution in [3.05, 3.63) is 30.1 Å². The van der Waals surface area contributed by atoms with Crippen molar-refractivity contribution in [2.45, 2.75) is 31.3 Å². The van der Waals surface area contributed by atoms with E-state index in [9.17, 15) is 9.90 Å². The number of pyridine rings is 1. The molecule has 1 unspecified atom stereocenters. The first kappa shape index (κ1) is 12.6. The summed E-state index contributed by atoms with van der Waals surface area (Å²) < 4.78 is 1.62. The largest absolute Gasteiger partial charge is 0.476 e. The Morgan fingerprint density at radius 2 is 2.19 bits per heavy atom. The van der Waals surface area contributed by atoms with Crippen molar-refractivity contribution in [3.8, 4) is 0 Å². The molecule has 2 aromatic rings. The van der Waals surface area contributed by atoms with Crippen molar-refractivity contribution in [2.24, 2.45) is 0 Å². The van der Waals surface area contributed by atoms with Crippen LogP contribution in [0.5, 0.6) is 0 Å². The number of aromatic carboxylic acids is 1. The van der Waals surface area contributed by atoms with Crippen molar-refractivity contribution in [2.75, 3.05) is 18.4 Å². The average molecular weight is 286 g/mol. The number of imidazole rings is 1. The van der Waals surface area contributed by atoms with Crippen LogP contribution in [0.15, 0.2) is 24.4 Å². The minimum absolute atomic E-state index is 0.218. The molecule has 1 aliphatic carbocycles. The van der Waals surface area contributed by atoms with Gasteiger partial charge in [-0.3, -0.25) is 9.30 Å². The van der Waals surface area contributed by atoms with Gasteiger partial charge in [0, 0.05) is 31.4 Å². The summed E-state index contributed by atoms with van der Waals surface area (Å²) >= 11 is 0. The van der Waals surface area contributed by atoms with Crippen LogP contribution in [-0.4, -0.2) is 50.5 Å². The topological polar surface area (TPSA) is 69.9 Å². The van der Waals surface area contributed by atoms with Crippen LogP contribution in [0, 0.1) is 0 Å². The number of carboxylic acid groups (broad SMARTS) is 1. The Kier molecular flexibility index (Phi) is 2.85. The lowest BCUT2D eigenvalue weighted by molar-refractivity contribution is 0.0690. The number of likely N-dealkylation sites (tertiary alicyclic amines) is 1. The third-order valence-electron chi connectivity index (χ3n) is 4.36. The zero-order chi connectivity index (χ0) is 14.4. The zero-order valence-corrected chi connectivity index (χ0v) is 11.7. The second kappa shape index (κ2) is 4.73. The quantitative estimate of drug-likeness (QED) is 0.895. The molecule has 6 heteroatoms. The summed E-state index contributed by atoms with van der Waals surface area (Å²) in [4.78, 5) is 18.5. The third kappa shape index (κ3) is 2.25. The molecule has 0 aromatic carbocycles. The van der Waals surface area contributed by atoms with Crippen LogP contribution >= 0.6 is 0 Å². The smallest absolute Gasteiger partial charge is 0.356 e. The van der Waals surface area contributed by atoms with Crippen LogP contribution in [0.1, 0.15) is 29.8 Å². The number of nitrogens with one attached hydrogen (secondary N) is 1. The summed E-state index contributed by atoms with van der Waals surface area (Å²) in [6.45, 7) is 2.08. The second-order valence-corrected chi connectivity index (χ2v) is 5.90. The highest BCUT2D eigenvalue weighted by atomic mass is 16.4. The minimum atomic E-state index is -0.951. The van der Waals surface area contributed by atoms with Gasteiger partial charge in [-0.1, -0.05) is 6.07 Å². The SMILES string of the molecule is O=C(O)c1c(NC2CCN(C3CC3)C2)nc2ccccn12. The van der Waals surface area contributed by atoms with Gasteiger partial charge >= 0.3 is 5.97 Å².